The van der Waals surface area contributed by atoms with Crippen molar-refractivity contribution in [2.45, 2.75) is 19.8 Å². The number of para-hydroxylation sites is 1. The molecule has 0 aliphatic rings. The fourth-order valence-electron chi connectivity index (χ4n) is 4.46. The predicted octanol–water partition coefficient (Wildman–Crippen LogP) is 6.27. The Labute approximate surface area is 231 Å². The van der Waals surface area contributed by atoms with E-state index in [0.29, 0.717) is 24.4 Å². The first kappa shape index (κ1) is 26.3. The minimum Gasteiger partial charge on any atom is -0.383 e. The van der Waals surface area contributed by atoms with Crippen LogP contribution in [-0.2, 0) is 24.5 Å². The molecule has 0 amide bonds. The molecule has 4 aromatic carbocycles. The molecule has 0 unspecified atom stereocenters. The summed E-state index contributed by atoms with van der Waals surface area (Å²) in [5, 5.41) is 11.1. The van der Waals surface area contributed by atoms with Crippen LogP contribution in [0.2, 0.25) is 0 Å². The topological polar surface area (TPSA) is 133 Å². The summed E-state index contributed by atoms with van der Waals surface area (Å²) >= 11 is 0. The van der Waals surface area contributed by atoms with E-state index in [1.54, 1.807) is 12.1 Å². The molecule has 0 atom stereocenters. The summed E-state index contributed by atoms with van der Waals surface area (Å²) in [6, 6.07) is 34.4. The molecule has 0 radical (unpaired) electrons. The van der Waals surface area contributed by atoms with Crippen molar-refractivity contribution in [1.82, 2.24) is 9.97 Å². The SMILES string of the molecule is Nc1nc(N)c(-c2ccc(N(Cc3ccc([N+](=O)[O-])cc3)c3ccccc3)cc2)c(COCc2ccccc2)n1. The third-order valence-electron chi connectivity index (χ3n) is 6.40. The largest absolute Gasteiger partial charge is 0.383 e. The second kappa shape index (κ2) is 12.1. The van der Waals surface area contributed by atoms with Gasteiger partial charge in [-0.1, -0.05) is 72.8 Å². The lowest BCUT2D eigenvalue weighted by atomic mass is 10.0. The van der Waals surface area contributed by atoms with Gasteiger partial charge in [0.1, 0.15) is 5.82 Å². The summed E-state index contributed by atoms with van der Waals surface area (Å²) in [6.45, 7) is 1.17. The molecular weight excluding hydrogens is 504 g/mol. The second-order valence-electron chi connectivity index (χ2n) is 9.16. The summed E-state index contributed by atoms with van der Waals surface area (Å²) in [4.78, 5) is 21.4. The number of nitrogens with two attached hydrogens (primary N) is 2. The lowest BCUT2D eigenvalue weighted by Crippen LogP contribution is -2.16. The Hall–Kier alpha value is -5.28. The summed E-state index contributed by atoms with van der Waals surface area (Å²) in [5.41, 5.74) is 18.3. The van der Waals surface area contributed by atoms with Crippen LogP contribution in [0.15, 0.2) is 109 Å². The smallest absolute Gasteiger partial charge is 0.269 e. The van der Waals surface area contributed by atoms with Crippen LogP contribution in [0.4, 0.5) is 28.8 Å². The van der Waals surface area contributed by atoms with Crippen LogP contribution in [-0.4, -0.2) is 14.9 Å². The quantitative estimate of drug-likeness (QED) is 0.159. The number of aromatic nitrogens is 2. The number of rotatable bonds is 10. The molecule has 5 rings (SSSR count). The van der Waals surface area contributed by atoms with Crippen molar-refractivity contribution in [2.24, 2.45) is 0 Å². The van der Waals surface area contributed by atoms with E-state index in [9.17, 15) is 10.1 Å². The van der Waals surface area contributed by atoms with Crippen LogP contribution < -0.4 is 16.4 Å². The summed E-state index contributed by atoms with van der Waals surface area (Å²) in [7, 11) is 0. The van der Waals surface area contributed by atoms with E-state index >= 15 is 0 Å². The monoisotopic (exact) mass is 532 g/mol. The van der Waals surface area contributed by atoms with Crippen LogP contribution in [0.3, 0.4) is 0 Å². The molecule has 9 nitrogen and oxygen atoms in total. The van der Waals surface area contributed by atoms with Gasteiger partial charge >= 0.3 is 0 Å². The van der Waals surface area contributed by atoms with Crippen LogP contribution >= 0.6 is 0 Å². The van der Waals surface area contributed by atoms with Crippen molar-refractivity contribution in [2.75, 3.05) is 16.4 Å². The van der Waals surface area contributed by atoms with E-state index in [1.807, 2.05) is 84.9 Å². The average molecular weight is 533 g/mol. The molecular formula is C31H28N6O3. The van der Waals surface area contributed by atoms with Gasteiger partial charge in [0, 0.05) is 35.6 Å². The van der Waals surface area contributed by atoms with Crippen molar-refractivity contribution in [3.8, 4) is 11.1 Å². The molecule has 200 valence electrons. The zero-order chi connectivity index (χ0) is 27.9. The Morgan fingerprint density at radius 1 is 0.725 bits per heavy atom. The molecule has 0 saturated heterocycles. The maximum atomic E-state index is 11.1. The number of nitrogen functional groups attached to an aromatic ring is 2. The van der Waals surface area contributed by atoms with E-state index in [4.69, 9.17) is 16.2 Å². The number of non-ortho nitro benzene ring substituents is 1. The summed E-state index contributed by atoms with van der Waals surface area (Å²) in [6.07, 6.45) is 0. The van der Waals surface area contributed by atoms with E-state index in [-0.39, 0.29) is 24.1 Å². The number of hydrogen-bond acceptors (Lipinski definition) is 8. The Morgan fingerprint density at radius 2 is 1.35 bits per heavy atom. The van der Waals surface area contributed by atoms with Gasteiger partial charge in [-0.3, -0.25) is 10.1 Å². The fraction of sp³-hybridized carbons (Fsp3) is 0.0968. The number of benzene rings is 4. The number of ether oxygens (including phenoxy) is 1. The molecule has 4 N–H and O–H groups in total. The van der Waals surface area contributed by atoms with Gasteiger partial charge in [-0.2, -0.15) is 4.98 Å². The average Bonchev–Trinajstić information content (AvgIpc) is 2.97. The highest BCUT2D eigenvalue weighted by molar-refractivity contribution is 5.78. The van der Waals surface area contributed by atoms with E-state index < -0.39 is 4.92 Å². The van der Waals surface area contributed by atoms with Crippen molar-refractivity contribution in [1.29, 1.82) is 0 Å². The van der Waals surface area contributed by atoms with Crippen LogP contribution in [0.1, 0.15) is 16.8 Å². The van der Waals surface area contributed by atoms with Crippen molar-refractivity contribution < 1.29 is 9.66 Å². The molecule has 0 aliphatic heterocycles. The number of nitro groups is 1. The Morgan fingerprint density at radius 3 is 2.00 bits per heavy atom. The van der Waals surface area contributed by atoms with Gasteiger partial charge in [0.15, 0.2) is 0 Å². The first-order valence-corrected chi connectivity index (χ1v) is 12.7. The number of hydrogen-bond donors (Lipinski definition) is 2. The minimum atomic E-state index is -0.398. The van der Waals surface area contributed by atoms with Gasteiger partial charge in [0.25, 0.3) is 5.69 Å². The maximum Gasteiger partial charge on any atom is 0.269 e. The number of anilines is 4. The number of nitrogens with zero attached hydrogens (tertiary/aromatic N) is 4. The molecule has 1 heterocycles. The van der Waals surface area contributed by atoms with Gasteiger partial charge in [0.2, 0.25) is 5.95 Å². The van der Waals surface area contributed by atoms with Gasteiger partial charge in [-0.25, -0.2) is 4.98 Å². The van der Waals surface area contributed by atoms with Crippen molar-refractivity contribution in [3.05, 3.63) is 136 Å². The minimum absolute atomic E-state index is 0.0613. The highest BCUT2D eigenvalue weighted by Gasteiger charge is 2.16. The second-order valence-corrected chi connectivity index (χ2v) is 9.16. The predicted molar refractivity (Wildman–Crippen MR) is 157 cm³/mol. The van der Waals surface area contributed by atoms with Crippen LogP contribution in [0, 0.1) is 10.1 Å². The van der Waals surface area contributed by atoms with E-state index in [0.717, 1.165) is 28.1 Å². The molecule has 1 aromatic heterocycles. The molecule has 0 fully saturated rings. The summed E-state index contributed by atoms with van der Waals surface area (Å²) < 4.78 is 5.94. The molecule has 0 spiro atoms. The highest BCUT2D eigenvalue weighted by atomic mass is 16.6. The molecule has 0 bridgehead atoms. The number of nitro benzene ring substituents is 1. The zero-order valence-electron chi connectivity index (χ0n) is 21.7. The van der Waals surface area contributed by atoms with Gasteiger partial charge in [0.05, 0.1) is 23.8 Å². The lowest BCUT2D eigenvalue weighted by molar-refractivity contribution is -0.384. The summed E-state index contributed by atoms with van der Waals surface area (Å²) in [5.74, 6) is 0.374. The standard InChI is InChI=1S/C31H28N6O3/c32-30-29(28(34-31(33)35-30)21-40-20-23-7-3-1-4-8-23)24-13-17-26(18-14-24)36(25-9-5-2-6-10-25)19-22-11-15-27(16-12-22)37(38)39/h1-18H,19-21H2,(H4,32,33,34,35). The third-order valence-corrected chi connectivity index (χ3v) is 6.40. The Kier molecular flexibility index (Phi) is 7.94. The normalized spacial score (nSPS) is 10.8. The van der Waals surface area contributed by atoms with Crippen LogP contribution in [0.25, 0.3) is 11.1 Å². The maximum absolute atomic E-state index is 11.1. The van der Waals surface area contributed by atoms with E-state index in [1.165, 1.54) is 12.1 Å². The first-order chi connectivity index (χ1) is 19.5. The third kappa shape index (κ3) is 6.23. The van der Waals surface area contributed by atoms with Crippen molar-refractivity contribution in [3.63, 3.8) is 0 Å². The molecule has 0 saturated carbocycles. The highest BCUT2D eigenvalue weighted by Crippen LogP contribution is 2.33. The zero-order valence-corrected chi connectivity index (χ0v) is 21.7. The molecule has 5 aromatic rings. The van der Waals surface area contributed by atoms with Gasteiger partial charge in [-0.05, 0) is 41.0 Å². The van der Waals surface area contributed by atoms with Gasteiger partial charge < -0.3 is 21.1 Å². The first-order valence-electron chi connectivity index (χ1n) is 12.7. The molecule has 40 heavy (non-hydrogen) atoms. The van der Waals surface area contributed by atoms with Crippen molar-refractivity contribution >= 4 is 28.8 Å². The fourth-order valence-corrected chi connectivity index (χ4v) is 4.46. The Balaban J connectivity index is 1.42. The Bertz CT molecular complexity index is 1580. The molecule has 0 aliphatic carbocycles. The van der Waals surface area contributed by atoms with E-state index in [2.05, 4.69) is 14.9 Å². The van der Waals surface area contributed by atoms with Crippen LogP contribution in [0.5, 0.6) is 0 Å². The molecule has 9 heteroatoms. The lowest BCUT2D eigenvalue weighted by Gasteiger charge is -2.25. The van der Waals surface area contributed by atoms with Gasteiger partial charge in [-0.15, -0.1) is 0 Å².